The number of benzene rings is 3. The molecule has 0 radical (unpaired) electrons. The molecule has 0 aliphatic carbocycles. The molecule has 0 aliphatic rings. The zero-order valence-electron chi connectivity index (χ0n) is 19.0. The SMILES string of the molecule is C=C(C)C(=O)OCCOc1ccc(N=Nc2ccc(N=Nc3ccc(C)cc3)cc2)cc1C. The van der Waals surface area contributed by atoms with Gasteiger partial charge in [0.25, 0.3) is 0 Å². The highest BCUT2D eigenvalue weighted by atomic mass is 16.6. The van der Waals surface area contributed by atoms with Crippen molar-refractivity contribution in [2.45, 2.75) is 20.8 Å². The van der Waals surface area contributed by atoms with Crippen LogP contribution in [0.5, 0.6) is 5.75 Å². The van der Waals surface area contributed by atoms with Crippen LogP contribution >= 0.6 is 0 Å². The Bertz CT molecular complexity index is 1170. The summed E-state index contributed by atoms with van der Waals surface area (Å²) in [4.78, 5) is 11.4. The van der Waals surface area contributed by atoms with E-state index in [0.29, 0.717) is 22.7 Å². The molecule has 7 nitrogen and oxygen atoms in total. The van der Waals surface area contributed by atoms with Crippen molar-refractivity contribution in [3.8, 4) is 5.75 Å². The minimum Gasteiger partial charge on any atom is -0.490 e. The Balaban J connectivity index is 1.53. The molecule has 0 aliphatic heterocycles. The van der Waals surface area contributed by atoms with Gasteiger partial charge in [-0.05, 0) is 80.9 Å². The maximum Gasteiger partial charge on any atom is 0.333 e. The lowest BCUT2D eigenvalue weighted by Crippen LogP contribution is -2.12. The van der Waals surface area contributed by atoms with Gasteiger partial charge in [0.05, 0.1) is 22.7 Å². The van der Waals surface area contributed by atoms with E-state index in [2.05, 4.69) is 27.0 Å². The molecule has 0 saturated heterocycles. The highest BCUT2D eigenvalue weighted by Gasteiger charge is 2.05. The lowest BCUT2D eigenvalue weighted by Gasteiger charge is -2.10. The molecule has 0 fully saturated rings. The Morgan fingerprint density at radius 3 is 1.76 bits per heavy atom. The van der Waals surface area contributed by atoms with Gasteiger partial charge in [-0.2, -0.15) is 20.5 Å². The first-order chi connectivity index (χ1) is 15.9. The molecule has 0 spiro atoms. The average Bonchev–Trinajstić information content (AvgIpc) is 2.81. The minimum atomic E-state index is -0.423. The number of carbonyl (C=O) groups is 1. The number of hydrogen-bond acceptors (Lipinski definition) is 7. The summed E-state index contributed by atoms with van der Waals surface area (Å²) in [7, 11) is 0. The summed E-state index contributed by atoms with van der Waals surface area (Å²) in [5.74, 6) is 0.275. The molecule has 3 rings (SSSR count). The van der Waals surface area contributed by atoms with Crippen LogP contribution in [0.4, 0.5) is 22.7 Å². The lowest BCUT2D eigenvalue weighted by atomic mass is 10.2. The Hall–Kier alpha value is -4.13. The minimum absolute atomic E-state index is 0.160. The van der Waals surface area contributed by atoms with Gasteiger partial charge < -0.3 is 9.47 Å². The third kappa shape index (κ3) is 7.50. The monoisotopic (exact) mass is 442 g/mol. The summed E-state index contributed by atoms with van der Waals surface area (Å²) >= 11 is 0. The van der Waals surface area contributed by atoms with Gasteiger partial charge in [0, 0.05) is 5.57 Å². The van der Waals surface area contributed by atoms with E-state index in [4.69, 9.17) is 9.47 Å². The molecule has 0 aromatic heterocycles. The Labute approximate surface area is 193 Å². The van der Waals surface area contributed by atoms with E-state index in [1.807, 2.05) is 80.6 Å². The van der Waals surface area contributed by atoms with Crippen molar-refractivity contribution in [2.24, 2.45) is 20.5 Å². The van der Waals surface area contributed by atoms with Gasteiger partial charge in [0.2, 0.25) is 0 Å². The predicted octanol–water partition coefficient (Wildman–Crippen LogP) is 7.63. The van der Waals surface area contributed by atoms with Crippen molar-refractivity contribution < 1.29 is 14.3 Å². The summed E-state index contributed by atoms with van der Waals surface area (Å²) in [6, 6.07) is 20.7. The summed E-state index contributed by atoms with van der Waals surface area (Å²) in [6.07, 6.45) is 0. The summed E-state index contributed by atoms with van der Waals surface area (Å²) in [5.41, 5.74) is 5.41. The Morgan fingerprint density at radius 2 is 1.24 bits per heavy atom. The Kier molecular flexibility index (Phi) is 8.18. The molecule has 0 atom stereocenters. The zero-order valence-corrected chi connectivity index (χ0v) is 19.0. The van der Waals surface area contributed by atoms with Crippen molar-refractivity contribution in [3.05, 3.63) is 90.0 Å². The topological polar surface area (TPSA) is 85.0 Å². The fourth-order valence-corrected chi connectivity index (χ4v) is 2.70. The molecule has 3 aromatic rings. The average molecular weight is 443 g/mol. The van der Waals surface area contributed by atoms with Gasteiger partial charge in [-0.3, -0.25) is 0 Å². The molecular weight excluding hydrogens is 416 g/mol. The summed E-state index contributed by atoms with van der Waals surface area (Å²) in [5, 5.41) is 17.0. The van der Waals surface area contributed by atoms with Crippen LogP contribution in [0.3, 0.4) is 0 Å². The molecule has 0 saturated carbocycles. The van der Waals surface area contributed by atoms with Crippen LogP contribution < -0.4 is 4.74 Å². The Morgan fingerprint density at radius 1 is 0.758 bits per heavy atom. The van der Waals surface area contributed by atoms with Gasteiger partial charge in [-0.15, -0.1) is 0 Å². The van der Waals surface area contributed by atoms with Crippen molar-refractivity contribution in [1.82, 2.24) is 0 Å². The standard InChI is InChI=1S/C26H26N4O3/c1-18(2)26(31)33-16-15-32-25-14-13-24(17-20(25)4)30-29-23-11-9-22(10-12-23)28-27-21-7-5-19(3)6-8-21/h5-14,17H,1,15-16H2,2-4H3. The van der Waals surface area contributed by atoms with Crippen LogP contribution in [0.25, 0.3) is 0 Å². The highest BCUT2D eigenvalue weighted by molar-refractivity contribution is 5.86. The number of nitrogens with zero attached hydrogens (tertiary/aromatic N) is 4. The first kappa shape index (κ1) is 23.5. The number of azo groups is 2. The van der Waals surface area contributed by atoms with E-state index in [9.17, 15) is 4.79 Å². The zero-order chi connectivity index (χ0) is 23.6. The first-order valence-electron chi connectivity index (χ1n) is 10.5. The molecule has 7 heteroatoms. The maximum absolute atomic E-state index is 11.4. The van der Waals surface area contributed by atoms with Gasteiger partial charge >= 0.3 is 5.97 Å². The van der Waals surface area contributed by atoms with Crippen LogP contribution in [-0.4, -0.2) is 19.2 Å². The molecule has 168 valence electrons. The smallest absolute Gasteiger partial charge is 0.333 e. The second-order valence-electron chi connectivity index (χ2n) is 7.47. The van der Waals surface area contributed by atoms with Gasteiger partial charge in [-0.1, -0.05) is 24.3 Å². The number of carbonyl (C=O) groups excluding carboxylic acids is 1. The van der Waals surface area contributed by atoms with E-state index in [1.165, 1.54) is 5.56 Å². The number of aryl methyl sites for hydroxylation is 2. The van der Waals surface area contributed by atoms with Crippen LogP contribution in [0.1, 0.15) is 18.1 Å². The quantitative estimate of drug-likeness (QED) is 0.148. The molecule has 0 bridgehead atoms. The fraction of sp³-hybridized carbons (Fsp3) is 0.192. The highest BCUT2D eigenvalue weighted by Crippen LogP contribution is 2.26. The van der Waals surface area contributed by atoms with Crippen molar-refractivity contribution >= 4 is 28.7 Å². The number of ether oxygens (including phenoxy) is 2. The molecule has 0 unspecified atom stereocenters. The van der Waals surface area contributed by atoms with Crippen LogP contribution in [0.15, 0.2) is 99.3 Å². The van der Waals surface area contributed by atoms with E-state index in [0.717, 1.165) is 16.9 Å². The number of esters is 1. The first-order valence-corrected chi connectivity index (χ1v) is 10.5. The fourth-order valence-electron chi connectivity index (χ4n) is 2.70. The molecule has 0 N–H and O–H groups in total. The molecule has 3 aromatic carbocycles. The third-order valence-corrected chi connectivity index (χ3v) is 4.53. The molecule has 0 amide bonds. The number of rotatable bonds is 9. The van der Waals surface area contributed by atoms with Crippen LogP contribution in [0, 0.1) is 13.8 Å². The summed E-state index contributed by atoms with van der Waals surface area (Å²) in [6.45, 7) is 9.51. The third-order valence-electron chi connectivity index (χ3n) is 4.53. The normalized spacial score (nSPS) is 11.1. The van der Waals surface area contributed by atoms with E-state index >= 15 is 0 Å². The van der Waals surface area contributed by atoms with E-state index in [-0.39, 0.29) is 13.2 Å². The van der Waals surface area contributed by atoms with E-state index < -0.39 is 5.97 Å². The van der Waals surface area contributed by atoms with Gasteiger partial charge in [-0.25, -0.2) is 4.79 Å². The second-order valence-corrected chi connectivity index (χ2v) is 7.47. The van der Waals surface area contributed by atoms with Gasteiger partial charge in [0.15, 0.2) is 0 Å². The lowest BCUT2D eigenvalue weighted by molar-refractivity contribution is -0.139. The van der Waals surface area contributed by atoms with Crippen molar-refractivity contribution in [2.75, 3.05) is 13.2 Å². The van der Waals surface area contributed by atoms with Crippen molar-refractivity contribution in [3.63, 3.8) is 0 Å². The molecule has 33 heavy (non-hydrogen) atoms. The van der Waals surface area contributed by atoms with Crippen LogP contribution in [-0.2, 0) is 9.53 Å². The van der Waals surface area contributed by atoms with E-state index in [1.54, 1.807) is 6.92 Å². The maximum atomic E-state index is 11.4. The predicted molar refractivity (Wildman–Crippen MR) is 128 cm³/mol. The van der Waals surface area contributed by atoms with Gasteiger partial charge in [0.1, 0.15) is 19.0 Å². The van der Waals surface area contributed by atoms with Crippen molar-refractivity contribution in [1.29, 1.82) is 0 Å². The second kappa shape index (κ2) is 11.5. The molecular formula is C26H26N4O3. The molecule has 0 heterocycles. The number of hydrogen-bond donors (Lipinski definition) is 0. The van der Waals surface area contributed by atoms with Crippen LogP contribution in [0.2, 0.25) is 0 Å². The largest absolute Gasteiger partial charge is 0.490 e. The summed E-state index contributed by atoms with van der Waals surface area (Å²) < 4.78 is 10.7.